The van der Waals surface area contributed by atoms with E-state index in [1.165, 1.54) is 18.2 Å². The predicted molar refractivity (Wildman–Crippen MR) is 125 cm³/mol. The van der Waals surface area contributed by atoms with Gasteiger partial charge in [-0.15, -0.1) is 0 Å². The molecule has 170 valence electrons. The lowest BCUT2D eigenvalue weighted by Gasteiger charge is -2.33. The van der Waals surface area contributed by atoms with Crippen molar-refractivity contribution < 1.29 is 23.5 Å². The fraction of sp³-hybridized carbons (Fsp3) is 0.200. The molecule has 3 aromatic rings. The number of nitrogens with zero attached hydrogens (tertiary/aromatic N) is 1. The lowest BCUT2D eigenvalue weighted by molar-refractivity contribution is -0.125. The summed E-state index contributed by atoms with van der Waals surface area (Å²) in [5, 5.41) is 2.64. The first-order valence-corrected chi connectivity index (χ1v) is 10.8. The van der Waals surface area contributed by atoms with Gasteiger partial charge in [-0.1, -0.05) is 29.8 Å². The Labute approximate surface area is 195 Å². The molecule has 4 rings (SSSR count). The molecule has 0 saturated heterocycles. The van der Waals surface area contributed by atoms with Gasteiger partial charge in [0, 0.05) is 11.8 Å². The largest absolute Gasteiger partial charge is 0.492 e. The Morgan fingerprint density at radius 3 is 2.73 bits per heavy atom. The summed E-state index contributed by atoms with van der Waals surface area (Å²) in [7, 11) is 0. The van der Waals surface area contributed by atoms with E-state index in [0.717, 1.165) is 11.3 Å². The number of hydrogen-bond acceptors (Lipinski definition) is 4. The maximum Gasteiger partial charge on any atom is 0.267 e. The normalized spacial score (nSPS) is 15.0. The van der Waals surface area contributed by atoms with Crippen molar-refractivity contribution in [1.29, 1.82) is 0 Å². The standard InChI is InChI=1S/C25H22ClFN2O4/c1-15-5-3-6-18(13-15)32-12-11-29-21-10-9-17(14-22(21)33-16(2)25(29)31)28-24(30)23-19(26)7-4-8-20(23)27/h3-10,13-14,16H,11-12H2,1-2H3,(H,28,30). The Bertz CT molecular complexity index is 1200. The zero-order valence-corrected chi connectivity index (χ0v) is 18.9. The number of rotatable bonds is 6. The summed E-state index contributed by atoms with van der Waals surface area (Å²) in [5.41, 5.74) is 1.79. The highest BCUT2D eigenvalue weighted by molar-refractivity contribution is 6.34. The molecule has 1 heterocycles. The number of ether oxygens (including phenoxy) is 2. The number of carbonyl (C=O) groups excluding carboxylic acids is 2. The predicted octanol–water partition coefficient (Wildman–Crippen LogP) is 5.23. The Kier molecular flexibility index (Phi) is 6.51. The zero-order valence-electron chi connectivity index (χ0n) is 18.1. The first-order valence-electron chi connectivity index (χ1n) is 10.4. The van der Waals surface area contributed by atoms with Crippen LogP contribution in [0.2, 0.25) is 5.02 Å². The second kappa shape index (κ2) is 9.50. The molecule has 0 fully saturated rings. The van der Waals surface area contributed by atoms with Crippen molar-refractivity contribution in [2.24, 2.45) is 0 Å². The summed E-state index contributed by atoms with van der Waals surface area (Å²) < 4.78 is 25.6. The molecule has 0 spiro atoms. The third kappa shape index (κ3) is 4.93. The third-order valence-electron chi connectivity index (χ3n) is 5.19. The van der Waals surface area contributed by atoms with E-state index in [1.807, 2.05) is 31.2 Å². The maximum absolute atomic E-state index is 14.1. The van der Waals surface area contributed by atoms with Gasteiger partial charge >= 0.3 is 0 Å². The van der Waals surface area contributed by atoms with E-state index in [2.05, 4.69) is 5.32 Å². The van der Waals surface area contributed by atoms with Crippen molar-refractivity contribution in [2.45, 2.75) is 20.0 Å². The second-order valence-electron chi connectivity index (χ2n) is 7.65. The molecular formula is C25H22ClFN2O4. The van der Waals surface area contributed by atoms with Gasteiger partial charge in [-0.25, -0.2) is 4.39 Å². The number of aryl methyl sites for hydroxylation is 1. The summed E-state index contributed by atoms with van der Waals surface area (Å²) in [4.78, 5) is 26.9. The lowest BCUT2D eigenvalue weighted by atomic mass is 10.1. The Morgan fingerprint density at radius 2 is 1.97 bits per heavy atom. The van der Waals surface area contributed by atoms with Gasteiger partial charge in [0.25, 0.3) is 11.8 Å². The molecule has 1 atom stereocenters. The van der Waals surface area contributed by atoms with Gasteiger partial charge in [0.2, 0.25) is 0 Å². The van der Waals surface area contributed by atoms with E-state index >= 15 is 0 Å². The van der Waals surface area contributed by atoms with E-state index in [-0.39, 0.29) is 16.5 Å². The van der Waals surface area contributed by atoms with Gasteiger partial charge in [0.15, 0.2) is 6.10 Å². The molecule has 2 amide bonds. The minimum absolute atomic E-state index is 0.0145. The Hall–Kier alpha value is -3.58. The molecule has 0 saturated carbocycles. The van der Waals surface area contributed by atoms with Crippen LogP contribution in [0.25, 0.3) is 0 Å². The summed E-state index contributed by atoms with van der Waals surface area (Å²) in [5.74, 6) is -0.427. The topological polar surface area (TPSA) is 67.9 Å². The van der Waals surface area contributed by atoms with Gasteiger partial charge in [-0.2, -0.15) is 0 Å². The number of benzene rings is 3. The quantitative estimate of drug-likeness (QED) is 0.537. The van der Waals surface area contributed by atoms with Crippen LogP contribution in [0.5, 0.6) is 11.5 Å². The van der Waals surface area contributed by atoms with Crippen LogP contribution in [0.4, 0.5) is 15.8 Å². The van der Waals surface area contributed by atoms with Crippen molar-refractivity contribution >= 4 is 34.8 Å². The van der Waals surface area contributed by atoms with Crippen molar-refractivity contribution in [2.75, 3.05) is 23.4 Å². The Morgan fingerprint density at radius 1 is 1.18 bits per heavy atom. The van der Waals surface area contributed by atoms with E-state index in [1.54, 1.807) is 30.0 Å². The molecule has 1 N–H and O–H groups in total. The fourth-order valence-corrected chi connectivity index (χ4v) is 3.84. The van der Waals surface area contributed by atoms with Crippen molar-refractivity contribution in [3.8, 4) is 11.5 Å². The van der Waals surface area contributed by atoms with Crippen LogP contribution < -0.4 is 19.7 Å². The number of hydrogen-bond donors (Lipinski definition) is 1. The fourth-order valence-electron chi connectivity index (χ4n) is 3.59. The van der Waals surface area contributed by atoms with Gasteiger partial charge in [-0.05, 0) is 55.8 Å². The van der Waals surface area contributed by atoms with Crippen LogP contribution in [-0.4, -0.2) is 31.1 Å². The maximum atomic E-state index is 14.1. The number of nitrogens with one attached hydrogen (secondary N) is 1. The highest BCUT2D eigenvalue weighted by Gasteiger charge is 2.31. The van der Waals surface area contributed by atoms with Crippen molar-refractivity contribution in [3.63, 3.8) is 0 Å². The zero-order chi connectivity index (χ0) is 23.5. The SMILES string of the molecule is Cc1cccc(OCCN2C(=O)C(C)Oc3cc(NC(=O)c4c(F)cccc4Cl)ccc32)c1. The van der Waals surface area contributed by atoms with Crippen molar-refractivity contribution in [1.82, 2.24) is 0 Å². The average molecular weight is 469 g/mol. The van der Waals surface area contributed by atoms with Crippen LogP contribution in [0.3, 0.4) is 0 Å². The first-order chi connectivity index (χ1) is 15.8. The summed E-state index contributed by atoms with van der Waals surface area (Å²) in [6, 6.07) is 16.6. The summed E-state index contributed by atoms with van der Waals surface area (Å²) in [6.07, 6.45) is -0.705. The smallest absolute Gasteiger partial charge is 0.267 e. The molecule has 8 heteroatoms. The highest BCUT2D eigenvalue weighted by atomic mass is 35.5. The minimum atomic E-state index is -0.715. The van der Waals surface area contributed by atoms with Crippen LogP contribution in [-0.2, 0) is 4.79 Å². The van der Waals surface area contributed by atoms with E-state index in [4.69, 9.17) is 21.1 Å². The average Bonchev–Trinajstić information content (AvgIpc) is 2.76. The van der Waals surface area contributed by atoms with Crippen LogP contribution >= 0.6 is 11.6 Å². The molecule has 1 unspecified atom stereocenters. The van der Waals surface area contributed by atoms with Gasteiger partial charge in [0.05, 0.1) is 22.8 Å². The van der Waals surface area contributed by atoms with E-state index < -0.39 is 17.8 Å². The number of halogens is 2. The number of fused-ring (bicyclic) bond motifs is 1. The van der Waals surface area contributed by atoms with Gasteiger partial charge in [-0.3, -0.25) is 9.59 Å². The first kappa shape index (κ1) is 22.6. The Balaban J connectivity index is 1.50. The molecule has 0 bridgehead atoms. The molecule has 0 aromatic heterocycles. The van der Waals surface area contributed by atoms with Crippen molar-refractivity contribution in [3.05, 3.63) is 82.6 Å². The molecule has 1 aliphatic heterocycles. The molecule has 6 nitrogen and oxygen atoms in total. The molecule has 3 aromatic carbocycles. The molecule has 0 aliphatic carbocycles. The van der Waals surface area contributed by atoms with Gasteiger partial charge < -0.3 is 19.7 Å². The summed E-state index contributed by atoms with van der Waals surface area (Å²) >= 11 is 5.98. The minimum Gasteiger partial charge on any atom is -0.492 e. The van der Waals surface area contributed by atoms with Gasteiger partial charge in [0.1, 0.15) is 23.9 Å². The molecule has 0 radical (unpaired) electrons. The number of carbonyl (C=O) groups is 2. The lowest BCUT2D eigenvalue weighted by Crippen LogP contribution is -2.46. The number of anilines is 2. The third-order valence-corrected chi connectivity index (χ3v) is 5.50. The molecule has 33 heavy (non-hydrogen) atoms. The molecule has 1 aliphatic rings. The van der Waals surface area contributed by atoms with Crippen LogP contribution in [0.1, 0.15) is 22.8 Å². The van der Waals surface area contributed by atoms with E-state index in [0.29, 0.717) is 30.3 Å². The van der Waals surface area contributed by atoms with Crippen LogP contribution in [0, 0.1) is 12.7 Å². The monoisotopic (exact) mass is 468 g/mol. The highest BCUT2D eigenvalue weighted by Crippen LogP contribution is 2.36. The molecular weight excluding hydrogens is 447 g/mol. The second-order valence-corrected chi connectivity index (χ2v) is 8.06. The number of amides is 2. The summed E-state index contributed by atoms with van der Waals surface area (Å²) in [6.45, 7) is 4.26. The van der Waals surface area contributed by atoms with Crippen LogP contribution in [0.15, 0.2) is 60.7 Å². The van der Waals surface area contributed by atoms with E-state index in [9.17, 15) is 14.0 Å².